The molecule has 0 bridgehead atoms. The Bertz CT molecular complexity index is 605. The molecule has 0 aromatic carbocycles. The first-order chi connectivity index (χ1) is 11.3. The Morgan fingerprint density at radius 3 is 2.92 bits per heavy atom. The number of carbonyl (C=O) groups excluding carboxylic acids is 1. The molecule has 24 heavy (non-hydrogen) atoms. The number of amides is 1. The minimum Gasteiger partial charge on any atom is -0.444 e. The highest BCUT2D eigenvalue weighted by molar-refractivity contribution is 7.10. The molecule has 0 radical (unpaired) electrons. The molecule has 0 aliphatic carbocycles. The van der Waals surface area contributed by atoms with Crippen molar-refractivity contribution in [3.8, 4) is 0 Å². The second-order valence-corrected chi connectivity index (χ2v) is 7.56. The van der Waals surface area contributed by atoms with Gasteiger partial charge in [0.15, 0.2) is 0 Å². The Balaban J connectivity index is 2.21. The van der Waals surface area contributed by atoms with Crippen molar-refractivity contribution < 1.29 is 14.4 Å². The molecule has 1 aliphatic heterocycles. The maximum atomic E-state index is 12.4. The molecular formula is C17H25N3O3S. The highest BCUT2D eigenvalue weighted by atomic mass is 32.1. The Kier molecular flexibility index (Phi) is 6.15. The Morgan fingerprint density at radius 1 is 1.58 bits per heavy atom. The summed E-state index contributed by atoms with van der Waals surface area (Å²) in [6, 6.07) is -0.169. The zero-order valence-corrected chi connectivity index (χ0v) is 15.5. The van der Waals surface area contributed by atoms with Crippen LogP contribution in [0.2, 0.25) is 0 Å². The molecule has 132 valence electrons. The number of aromatic nitrogens is 1. The summed E-state index contributed by atoms with van der Waals surface area (Å²) < 4.78 is 5.49. The van der Waals surface area contributed by atoms with Crippen LogP contribution in [-0.4, -0.2) is 47.3 Å². The Morgan fingerprint density at radius 2 is 2.33 bits per heavy atom. The minimum atomic E-state index is -0.521. The van der Waals surface area contributed by atoms with Crippen LogP contribution < -0.4 is 5.48 Å². The monoisotopic (exact) mass is 351 g/mol. The van der Waals surface area contributed by atoms with Gasteiger partial charge in [0.1, 0.15) is 10.6 Å². The van der Waals surface area contributed by atoms with Crippen molar-refractivity contribution in [2.24, 2.45) is 0 Å². The van der Waals surface area contributed by atoms with Gasteiger partial charge in [0.25, 0.3) is 0 Å². The Hall–Kier alpha value is -1.70. The summed E-state index contributed by atoms with van der Waals surface area (Å²) >= 11 is 1.58. The van der Waals surface area contributed by atoms with E-state index in [2.05, 4.69) is 17.0 Å². The average Bonchev–Trinajstić information content (AvgIpc) is 2.99. The summed E-state index contributed by atoms with van der Waals surface area (Å²) in [5.41, 5.74) is 4.65. The molecule has 2 rings (SSSR count). The van der Waals surface area contributed by atoms with Crippen molar-refractivity contribution in [3.63, 3.8) is 0 Å². The van der Waals surface area contributed by atoms with Crippen LogP contribution in [0.5, 0.6) is 0 Å². The standard InChI is InChI=1S/C17H25N3O3S/c1-6-8-22-19-13-11-20(16(21)23-17(3,4)5)10-12(2)14(13)15-18-7-9-24-15/h6-7,9,13,19H,1,8,10-11H2,2-5H3. The lowest BCUT2D eigenvalue weighted by Crippen LogP contribution is -2.50. The van der Waals surface area contributed by atoms with Crippen LogP contribution in [0, 0.1) is 0 Å². The lowest BCUT2D eigenvalue weighted by molar-refractivity contribution is 0.0118. The maximum absolute atomic E-state index is 12.4. The molecule has 1 amide bonds. The molecule has 0 fully saturated rings. The van der Waals surface area contributed by atoms with E-state index in [0.29, 0.717) is 19.7 Å². The normalized spacial score (nSPS) is 18.7. The number of carbonyl (C=O) groups is 1. The maximum Gasteiger partial charge on any atom is 0.410 e. The molecule has 2 heterocycles. The van der Waals surface area contributed by atoms with Crippen molar-refractivity contribution in [1.29, 1.82) is 0 Å². The number of nitrogens with zero attached hydrogens (tertiary/aromatic N) is 2. The van der Waals surface area contributed by atoms with E-state index in [1.54, 1.807) is 28.5 Å². The minimum absolute atomic E-state index is 0.169. The largest absolute Gasteiger partial charge is 0.444 e. The lowest BCUT2D eigenvalue weighted by atomic mass is 9.97. The third-order valence-electron chi connectivity index (χ3n) is 3.38. The van der Waals surface area contributed by atoms with E-state index in [1.807, 2.05) is 33.1 Å². The molecule has 0 spiro atoms. The summed E-state index contributed by atoms with van der Waals surface area (Å²) in [6.07, 6.45) is 3.12. The summed E-state index contributed by atoms with van der Waals surface area (Å²) in [5, 5.41) is 2.88. The second kappa shape index (κ2) is 7.92. The van der Waals surface area contributed by atoms with E-state index < -0.39 is 5.60 Å². The first-order valence-electron chi connectivity index (χ1n) is 7.87. The average molecular weight is 351 g/mol. The van der Waals surface area contributed by atoms with Gasteiger partial charge >= 0.3 is 6.09 Å². The van der Waals surface area contributed by atoms with Gasteiger partial charge < -0.3 is 9.64 Å². The van der Waals surface area contributed by atoms with Gasteiger partial charge in [0, 0.05) is 30.2 Å². The number of ether oxygens (including phenoxy) is 1. The summed E-state index contributed by atoms with van der Waals surface area (Å²) in [6.45, 7) is 12.6. The fraction of sp³-hybridized carbons (Fsp3) is 0.529. The predicted octanol–water partition coefficient (Wildman–Crippen LogP) is 3.24. The number of hydrogen-bond acceptors (Lipinski definition) is 6. The van der Waals surface area contributed by atoms with Crippen molar-refractivity contribution in [2.45, 2.75) is 39.3 Å². The highest BCUT2D eigenvalue weighted by Crippen LogP contribution is 2.29. The first-order valence-corrected chi connectivity index (χ1v) is 8.75. The van der Waals surface area contributed by atoms with E-state index in [0.717, 1.165) is 16.2 Å². The zero-order chi connectivity index (χ0) is 17.7. The molecule has 1 unspecified atom stereocenters. The SMILES string of the molecule is C=CCONC1CN(C(=O)OC(C)(C)C)CC(C)=C1c1nccs1. The van der Waals surface area contributed by atoms with Crippen molar-refractivity contribution in [2.75, 3.05) is 19.7 Å². The van der Waals surface area contributed by atoms with E-state index in [4.69, 9.17) is 9.57 Å². The van der Waals surface area contributed by atoms with Crippen LogP contribution in [-0.2, 0) is 9.57 Å². The summed E-state index contributed by atoms with van der Waals surface area (Å²) in [5.74, 6) is 0. The lowest BCUT2D eigenvalue weighted by Gasteiger charge is -2.36. The van der Waals surface area contributed by atoms with E-state index in [-0.39, 0.29) is 12.1 Å². The highest BCUT2D eigenvalue weighted by Gasteiger charge is 2.33. The van der Waals surface area contributed by atoms with Gasteiger partial charge in [-0.25, -0.2) is 9.78 Å². The van der Waals surface area contributed by atoms with Crippen molar-refractivity contribution >= 4 is 23.0 Å². The number of hydrogen-bond donors (Lipinski definition) is 1. The summed E-state index contributed by atoms with van der Waals surface area (Å²) in [4.78, 5) is 23.9. The predicted molar refractivity (Wildman–Crippen MR) is 95.6 cm³/mol. The van der Waals surface area contributed by atoms with Gasteiger partial charge in [-0.1, -0.05) is 6.08 Å². The fourth-order valence-corrected chi connectivity index (χ4v) is 3.32. The van der Waals surface area contributed by atoms with Gasteiger partial charge in [-0.05, 0) is 33.3 Å². The van der Waals surface area contributed by atoms with Crippen LogP contribution in [0.15, 0.2) is 29.8 Å². The third-order valence-corrected chi connectivity index (χ3v) is 4.19. The van der Waals surface area contributed by atoms with E-state index in [9.17, 15) is 4.79 Å². The van der Waals surface area contributed by atoms with Crippen LogP contribution in [0.4, 0.5) is 4.79 Å². The summed E-state index contributed by atoms with van der Waals surface area (Å²) in [7, 11) is 0. The van der Waals surface area contributed by atoms with Gasteiger partial charge in [-0.2, -0.15) is 5.48 Å². The van der Waals surface area contributed by atoms with E-state index in [1.165, 1.54) is 0 Å². The Labute approximate surface area is 147 Å². The first kappa shape index (κ1) is 18.6. The smallest absolute Gasteiger partial charge is 0.410 e. The third kappa shape index (κ3) is 4.90. The van der Waals surface area contributed by atoms with Gasteiger partial charge in [-0.15, -0.1) is 17.9 Å². The zero-order valence-electron chi connectivity index (χ0n) is 14.7. The number of nitrogens with one attached hydrogen (secondary N) is 1. The molecule has 6 nitrogen and oxygen atoms in total. The molecule has 1 N–H and O–H groups in total. The van der Waals surface area contributed by atoms with Gasteiger partial charge in [-0.3, -0.25) is 4.84 Å². The van der Waals surface area contributed by atoms with E-state index >= 15 is 0 Å². The molecule has 1 aromatic rings. The molecule has 0 saturated heterocycles. The van der Waals surface area contributed by atoms with Crippen molar-refractivity contribution in [1.82, 2.24) is 15.4 Å². The van der Waals surface area contributed by atoms with Crippen molar-refractivity contribution in [3.05, 3.63) is 34.8 Å². The molecule has 1 aromatic heterocycles. The van der Waals surface area contributed by atoms with Gasteiger partial charge in [0.2, 0.25) is 0 Å². The molecule has 7 heteroatoms. The molecular weight excluding hydrogens is 326 g/mol. The number of thiazole rings is 1. The van der Waals surface area contributed by atoms with Crippen LogP contribution in [0.3, 0.4) is 0 Å². The topological polar surface area (TPSA) is 63.7 Å². The fourth-order valence-electron chi connectivity index (χ4n) is 2.50. The number of hydroxylamine groups is 1. The van der Waals surface area contributed by atoms with Gasteiger partial charge in [0.05, 0.1) is 12.6 Å². The second-order valence-electron chi connectivity index (χ2n) is 6.66. The van der Waals surface area contributed by atoms with Crippen LogP contribution in [0.1, 0.15) is 32.7 Å². The number of rotatable bonds is 5. The van der Waals surface area contributed by atoms with Crippen LogP contribution in [0.25, 0.3) is 5.57 Å². The van der Waals surface area contributed by atoms with Crippen LogP contribution >= 0.6 is 11.3 Å². The molecule has 0 saturated carbocycles. The quantitative estimate of drug-likeness (QED) is 0.501. The molecule has 1 atom stereocenters. The molecule has 1 aliphatic rings.